The molecule has 42 heavy (non-hydrogen) atoms. The first-order valence-electron chi connectivity index (χ1n) is 14.4. The molecule has 0 unspecified atom stereocenters. The van der Waals surface area contributed by atoms with Gasteiger partial charge in [0.15, 0.2) is 0 Å². The van der Waals surface area contributed by atoms with Crippen molar-refractivity contribution in [1.82, 2.24) is 4.57 Å². The highest BCUT2D eigenvalue weighted by molar-refractivity contribution is 6.16. The third-order valence-electron chi connectivity index (χ3n) is 8.17. The van der Waals surface area contributed by atoms with Crippen LogP contribution in [0.2, 0.25) is 0 Å². The van der Waals surface area contributed by atoms with Gasteiger partial charge in [0, 0.05) is 38.8 Å². The SMILES string of the molecule is c1ccc(N(c2ccccc2)c2cccc3c(-c4cccc5c6ccccc6n(-c6ccccc6)c45)cccc23)cc1. The third-order valence-corrected chi connectivity index (χ3v) is 8.17. The number of fused-ring (bicyclic) bond motifs is 4. The summed E-state index contributed by atoms with van der Waals surface area (Å²) in [5, 5.41) is 4.96. The Labute approximate surface area is 245 Å². The van der Waals surface area contributed by atoms with Crippen LogP contribution in [0.15, 0.2) is 170 Å². The van der Waals surface area contributed by atoms with E-state index >= 15 is 0 Å². The molecule has 0 saturated heterocycles. The third kappa shape index (κ3) is 3.88. The fourth-order valence-electron chi connectivity index (χ4n) is 6.39. The van der Waals surface area contributed by atoms with Crippen LogP contribution >= 0.6 is 0 Å². The minimum atomic E-state index is 1.13. The van der Waals surface area contributed by atoms with Gasteiger partial charge in [-0.2, -0.15) is 0 Å². The molecule has 198 valence electrons. The quantitative estimate of drug-likeness (QED) is 0.212. The number of hydrogen-bond acceptors (Lipinski definition) is 1. The first-order chi connectivity index (χ1) is 20.9. The predicted octanol–water partition coefficient (Wildman–Crippen LogP) is 11.1. The van der Waals surface area contributed by atoms with Crippen molar-refractivity contribution in [3.63, 3.8) is 0 Å². The van der Waals surface area contributed by atoms with Crippen LogP contribution in [0.5, 0.6) is 0 Å². The van der Waals surface area contributed by atoms with Gasteiger partial charge in [0.1, 0.15) is 0 Å². The van der Waals surface area contributed by atoms with Gasteiger partial charge in [0.25, 0.3) is 0 Å². The molecular weight excluding hydrogens is 508 g/mol. The molecule has 7 aromatic carbocycles. The van der Waals surface area contributed by atoms with Crippen LogP contribution in [0.1, 0.15) is 0 Å². The van der Waals surface area contributed by atoms with Gasteiger partial charge in [-0.3, -0.25) is 0 Å². The average Bonchev–Trinajstić information content (AvgIpc) is 3.41. The molecule has 0 N–H and O–H groups in total. The molecule has 2 nitrogen and oxygen atoms in total. The lowest BCUT2D eigenvalue weighted by atomic mass is 9.95. The van der Waals surface area contributed by atoms with Crippen LogP contribution in [0, 0.1) is 0 Å². The fraction of sp³-hybridized carbons (Fsp3) is 0. The second-order valence-corrected chi connectivity index (χ2v) is 10.6. The van der Waals surface area contributed by atoms with Crippen molar-refractivity contribution in [2.24, 2.45) is 0 Å². The van der Waals surface area contributed by atoms with Crippen LogP contribution in [-0.4, -0.2) is 4.57 Å². The molecule has 8 rings (SSSR count). The van der Waals surface area contributed by atoms with E-state index in [2.05, 4.69) is 179 Å². The number of hydrogen-bond donors (Lipinski definition) is 0. The van der Waals surface area contributed by atoms with Gasteiger partial charge in [0.05, 0.1) is 16.7 Å². The van der Waals surface area contributed by atoms with Gasteiger partial charge >= 0.3 is 0 Å². The van der Waals surface area contributed by atoms with Gasteiger partial charge < -0.3 is 9.47 Å². The number of aromatic nitrogens is 1. The molecule has 0 aliphatic rings. The number of benzene rings is 7. The van der Waals surface area contributed by atoms with Gasteiger partial charge in [-0.15, -0.1) is 0 Å². The number of para-hydroxylation sites is 5. The largest absolute Gasteiger partial charge is 0.310 e. The van der Waals surface area contributed by atoms with Crippen molar-refractivity contribution in [3.05, 3.63) is 170 Å². The molecule has 0 radical (unpaired) electrons. The highest BCUT2D eigenvalue weighted by atomic mass is 15.1. The molecule has 0 bridgehead atoms. The smallest absolute Gasteiger partial charge is 0.0619 e. The van der Waals surface area contributed by atoms with E-state index in [0.29, 0.717) is 0 Å². The molecule has 0 fully saturated rings. The topological polar surface area (TPSA) is 8.17 Å². The molecule has 0 atom stereocenters. The van der Waals surface area contributed by atoms with E-state index in [0.717, 1.165) is 22.7 Å². The lowest BCUT2D eigenvalue weighted by Gasteiger charge is -2.27. The summed E-state index contributed by atoms with van der Waals surface area (Å²) in [7, 11) is 0. The number of nitrogens with zero attached hydrogens (tertiary/aromatic N) is 2. The summed E-state index contributed by atoms with van der Waals surface area (Å²) in [6.07, 6.45) is 0. The Balaban J connectivity index is 1.43. The van der Waals surface area contributed by atoms with Gasteiger partial charge in [-0.05, 0) is 59.5 Å². The summed E-state index contributed by atoms with van der Waals surface area (Å²) in [5.74, 6) is 0. The van der Waals surface area contributed by atoms with Crippen molar-refractivity contribution in [1.29, 1.82) is 0 Å². The van der Waals surface area contributed by atoms with E-state index in [1.54, 1.807) is 0 Å². The highest BCUT2D eigenvalue weighted by Gasteiger charge is 2.19. The molecule has 1 heterocycles. The number of rotatable bonds is 5. The molecule has 8 aromatic rings. The Bertz CT molecular complexity index is 2140. The van der Waals surface area contributed by atoms with E-state index in [-0.39, 0.29) is 0 Å². The maximum Gasteiger partial charge on any atom is 0.0619 e. The molecule has 0 saturated carbocycles. The summed E-state index contributed by atoms with van der Waals surface area (Å²) in [5.41, 5.74) is 9.47. The van der Waals surface area contributed by atoms with Gasteiger partial charge in [0.2, 0.25) is 0 Å². The second-order valence-electron chi connectivity index (χ2n) is 10.6. The molecule has 0 aliphatic carbocycles. The molecule has 1 aromatic heterocycles. The predicted molar refractivity (Wildman–Crippen MR) is 178 cm³/mol. The zero-order valence-corrected chi connectivity index (χ0v) is 23.1. The maximum absolute atomic E-state index is 2.42. The van der Waals surface area contributed by atoms with Crippen molar-refractivity contribution in [2.75, 3.05) is 4.90 Å². The lowest BCUT2D eigenvalue weighted by Crippen LogP contribution is -2.10. The molecule has 0 spiro atoms. The summed E-state index contributed by atoms with van der Waals surface area (Å²) < 4.78 is 2.42. The molecule has 0 aliphatic heterocycles. The average molecular weight is 537 g/mol. The Morgan fingerprint density at radius 2 is 0.881 bits per heavy atom. The van der Waals surface area contributed by atoms with Crippen molar-refractivity contribution >= 4 is 49.6 Å². The second kappa shape index (κ2) is 10.1. The molecular formula is C40H28N2. The summed E-state index contributed by atoms with van der Waals surface area (Å²) in [6, 6.07) is 60.8. The Morgan fingerprint density at radius 1 is 0.357 bits per heavy atom. The summed E-state index contributed by atoms with van der Waals surface area (Å²) in [6.45, 7) is 0. The van der Waals surface area contributed by atoms with E-state index in [4.69, 9.17) is 0 Å². The van der Waals surface area contributed by atoms with E-state index in [1.165, 1.54) is 43.7 Å². The Morgan fingerprint density at radius 3 is 1.60 bits per heavy atom. The van der Waals surface area contributed by atoms with Crippen LogP contribution in [0.4, 0.5) is 17.1 Å². The lowest BCUT2D eigenvalue weighted by molar-refractivity contribution is 1.18. The normalized spacial score (nSPS) is 11.3. The Hall–Kier alpha value is -5.60. The Kier molecular flexibility index (Phi) is 5.82. The number of anilines is 3. The fourth-order valence-corrected chi connectivity index (χ4v) is 6.39. The van der Waals surface area contributed by atoms with Crippen molar-refractivity contribution in [3.8, 4) is 16.8 Å². The van der Waals surface area contributed by atoms with Crippen LogP contribution < -0.4 is 4.90 Å². The van der Waals surface area contributed by atoms with E-state index < -0.39 is 0 Å². The minimum Gasteiger partial charge on any atom is -0.310 e. The standard InChI is InChI=1S/C40H28N2/c1-4-15-29(16-5-1)41(30-17-6-2-7-18-30)38-28-14-23-32-33(22-12-24-34(32)38)36-25-13-26-37-35-21-10-11-27-39(35)42(40(36)37)31-19-8-3-9-20-31/h1-28H. The first kappa shape index (κ1) is 24.2. The summed E-state index contributed by atoms with van der Waals surface area (Å²) in [4.78, 5) is 2.35. The zero-order chi connectivity index (χ0) is 27.9. The van der Waals surface area contributed by atoms with Crippen LogP contribution in [-0.2, 0) is 0 Å². The molecule has 0 amide bonds. The summed E-state index contributed by atoms with van der Waals surface area (Å²) >= 11 is 0. The first-order valence-corrected chi connectivity index (χ1v) is 14.4. The van der Waals surface area contributed by atoms with Crippen molar-refractivity contribution in [2.45, 2.75) is 0 Å². The van der Waals surface area contributed by atoms with Gasteiger partial charge in [-0.1, -0.05) is 121 Å². The molecule has 2 heteroatoms. The van der Waals surface area contributed by atoms with Gasteiger partial charge in [-0.25, -0.2) is 0 Å². The van der Waals surface area contributed by atoms with E-state index in [1.807, 2.05) is 0 Å². The van der Waals surface area contributed by atoms with Crippen LogP contribution in [0.3, 0.4) is 0 Å². The highest BCUT2D eigenvalue weighted by Crippen LogP contribution is 2.43. The minimum absolute atomic E-state index is 1.13. The van der Waals surface area contributed by atoms with E-state index in [9.17, 15) is 0 Å². The maximum atomic E-state index is 2.42. The monoisotopic (exact) mass is 536 g/mol. The van der Waals surface area contributed by atoms with Crippen LogP contribution in [0.25, 0.3) is 49.4 Å². The van der Waals surface area contributed by atoms with Crippen molar-refractivity contribution < 1.29 is 0 Å². The zero-order valence-electron chi connectivity index (χ0n) is 23.1.